The normalized spacial score (nSPS) is 29.9. The molecule has 1 saturated heterocycles. The van der Waals surface area contributed by atoms with E-state index in [2.05, 4.69) is 4.90 Å². The average molecular weight is 317 g/mol. The molecule has 0 aromatic heterocycles. The Morgan fingerprint density at radius 3 is 2.91 bits per heavy atom. The van der Waals surface area contributed by atoms with Crippen LogP contribution >= 0.6 is 0 Å². The number of hydrogen-bond donors (Lipinski definition) is 1. The number of carbonyl (C=O) groups is 1. The highest BCUT2D eigenvalue weighted by Gasteiger charge is 2.56. The van der Waals surface area contributed by atoms with E-state index in [-0.39, 0.29) is 23.2 Å². The first-order valence-electron chi connectivity index (χ1n) is 8.58. The highest BCUT2D eigenvalue weighted by Crippen LogP contribution is 2.57. The maximum atomic E-state index is 12.4. The molecule has 2 heterocycles. The first-order valence-corrected chi connectivity index (χ1v) is 8.58. The summed E-state index contributed by atoms with van der Waals surface area (Å²) < 4.78 is 11.9. The van der Waals surface area contributed by atoms with Crippen LogP contribution in [0.3, 0.4) is 0 Å². The van der Waals surface area contributed by atoms with Gasteiger partial charge in [-0.3, -0.25) is 9.69 Å². The summed E-state index contributed by atoms with van der Waals surface area (Å²) >= 11 is 0. The second kappa shape index (κ2) is 5.49. The van der Waals surface area contributed by atoms with Gasteiger partial charge in [0.1, 0.15) is 11.5 Å². The Morgan fingerprint density at radius 1 is 1.39 bits per heavy atom. The van der Waals surface area contributed by atoms with Gasteiger partial charge in [-0.2, -0.15) is 0 Å². The second-order valence-electron chi connectivity index (χ2n) is 6.64. The summed E-state index contributed by atoms with van der Waals surface area (Å²) in [5, 5.41) is 10.3. The summed E-state index contributed by atoms with van der Waals surface area (Å²) in [6, 6.07) is 3.41. The van der Waals surface area contributed by atoms with Crippen molar-refractivity contribution in [3.05, 3.63) is 23.3 Å². The lowest BCUT2D eigenvalue weighted by atomic mass is 9.86. The van der Waals surface area contributed by atoms with Crippen LogP contribution in [0.5, 0.6) is 11.5 Å². The minimum absolute atomic E-state index is 0.00683. The van der Waals surface area contributed by atoms with E-state index >= 15 is 0 Å². The van der Waals surface area contributed by atoms with E-state index in [0.29, 0.717) is 12.0 Å². The van der Waals surface area contributed by atoms with Crippen LogP contribution in [0.15, 0.2) is 12.1 Å². The lowest BCUT2D eigenvalue weighted by molar-refractivity contribution is -0.115. The molecule has 1 saturated carbocycles. The molecule has 1 aliphatic carbocycles. The number of phenols is 1. The molecule has 0 spiro atoms. The third-order valence-corrected chi connectivity index (χ3v) is 5.54. The predicted octanol–water partition coefficient (Wildman–Crippen LogP) is 2.67. The van der Waals surface area contributed by atoms with Crippen LogP contribution in [0.2, 0.25) is 0 Å². The molecular formula is C18H23NO4. The number of benzene rings is 1. The lowest BCUT2D eigenvalue weighted by Crippen LogP contribution is -2.56. The summed E-state index contributed by atoms with van der Waals surface area (Å²) in [5.74, 6) is 1.01. The molecule has 0 radical (unpaired) electrons. The SMILES string of the molecule is CCC(=O)c1c(O)ccc2c1[C@@H]1CCC[C@]1(N1CCOCC1)O2. The molecule has 2 atom stereocenters. The third kappa shape index (κ3) is 2.10. The smallest absolute Gasteiger partial charge is 0.170 e. The number of fused-ring (bicyclic) bond motifs is 3. The monoisotopic (exact) mass is 317 g/mol. The quantitative estimate of drug-likeness (QED) is 0.869. The Balaban J connectivity index is 1.80. The van der Waals surface area contributed by atoms with Crippen molar-refractivity contribution in [1.82, 2.24) is 4.90 Å². The molecule has 124 valence electrons. The van der Waals surface area contributed by atoms with Crippen molar-refractivity contribution < 1.29 is 19.4 Å². The molecule has 5 heteroatoms. The van der Waals surface area contributed by atoms with Crippen molar-refractivity contribution in [3.8, 4) is 11.5 Å². The first kappa shape index (κ1) is 15.0. The van der Waals surface area contributed by atoms with E-state index < -0.39 is 0 Å². The van der Waals surface area contributed by atoms with Crippen molar-refractivity contribution >= 4 is 5.78 Å². The molecular weight excluding hydrogens is 294 g/mol. The topological polar surface area (TPSA) is 59.0 Å². The standard InChI is InChI=1S/C18H23NO4/c1-2-13(20)17-14(21)5-6-15-16(17)12-4-3-7-18(12,23-15)19-8-10-22-11-9-19/h5-6,12,21H,2-4,7-11H2,1H3/t12-,18-/m0/s1. The fraction of sp³-hybridized carbons (Fsp3) is 0.611. The maximum Gasteiger partial charge on any atom is 0.170 e. The van der Waals surface area contributed by atoms with Crippen LogP contribution in [0.1, 0.15) is 54.4 Å². The Kier molecular flexibility index (Phi) is 3.58. The zero-order valence-corrected chi connectivity index (χ0v) is 13.5. The number of aromatic hydroxyl groups is 1. The van der Waals surface area contributed by atoms with Gasteiger partial charge < -0.3 is 14.6 Å². The van der Waals surface area contributed by atoms with E-state index in [9.17, 15) is 9.90 Å². The van der Waals surface area contributed by atoms with Gasteiger partial charge in [0.15, 0.2) is 11.5 Å². The fourth-order valence-corrected chi connectivity index (χ4v) is 4.52. The zero-order chi connectivity index (χ0) is 16.0. The largest absolute Gasteiger partial charge is 0.507 e. The van der Waals surface area contributed by atoms with Gasteiger partial charge in [-0.25, -0.2) is 0 Å². The van der Waals surface area contributed by atoms with Crippen LogP contribution in [0.4, 0.5) is 0 Å². The van der Waals surface area contributed by atoms with E-state index in [1.807, 2.05) is 13.0 Å². The van der Waals surface area contributed by atoms with Gasteiger partial charge in [0.05, 0.1) is 18.8 Å². The molecule has 0 unspecified atom stereocenters. The molecule has 5 nitrogen and oxygen atoms in total. The van der Waals surface area contributed by atoms with Crippen LogP contribution in [0, 0.1) is 0 Å². The zero-order valence-electron chi connectivity index (χ0n) is 13.5. The van der Waals surface area contributed by atoms with E-state index in [0.717, 1.165) is 56.9 Å². The van der Waals surface area contributed by atoms with E-state index in [1.54, 1.807) is 6.07 Å². The number of rotatable bonds is 3. The Labute approximate surface area is 136 Å². The van der Waals surface area contributed by atoms with Gasteiger partial charge in [0, 0.05) is 37.4 Å². The lowest BCUT2D eigenvalue weighted by Gasteiger charge is -2.42. The summed E-state index contributed by atoms with van der Waals surface area (Å²) in [6.45, 7) is 4.99. The van der Waals surface area contributed by atoms with Crippen molar-refractivity contribution in [3.63, 3.8) is 0 Å². The summed E-state index contributed by atoms with van der Waals surface area (Å²) in [5.41, 5.74) is 1.05. The minimum Gasteiger partial charge on any atom is -0.507 e. The molecule has 2 aliphatic heterocycles. The van der Waals surface area contributed by atoms with Gasteiger partial charge in [-0.1, -0.05) is 6.92 Å². The molecule has 23 heavy (non-hydrogen) atoms. The fourth-order valence-electron chi connectivity index (χ4n) is 4.52. The molecule has 1 aromatic rings. The Morgan fingerprint density at radius 2 is 2.17 bits per heavy atom. The highest BCUT2D eigenvalue weighted by molar-refractivity contribution is 6.01. The Bertz CT molecular complexity index is 638. The molecule has 3 aliphatic rings. The van der Waals surface area contributed by atoms with Crippen LogP contribution in [0.25, 0.3) is 0 Å². The van der Waals surface area contributed by atoms with Crippen molar-refractivity contribution in [2.75, 3.05) is 26.3 Å². The minimum atomic E-state index is -0.358. The molecule has 1 N–H and O–H groups in total. The molecule has 0 bridgehead atoms. The van der Waals surface area contributed by atoms with Gasteiger partial charge in [0.2, 0.25) is 0 Å². The summed E-state index contributed by atoms with van der Waals surface area (Å²) in [4.78, 5) is 14.8. The van der Waals surface area contributed by atoms with E-state index in [4.69, 9.17) is 9.47 Å². The maximum absolute atomic E-state index is 12.4. The highest BCUT2D eigenvalue weighted by atomic mass is 16.5. The van der Waals surface area contributed by atoms with Gasteiger partial charge in [-0.05, 0) is 25.0 Å². The average Bonchev–Trinajstić information content (AvgIpc) is 3.12. The molecule has 1 aromatic carbocycles. The van der Waals surface area contributed by atoms with Crippen molar-refractivity contribution in [1.29, 1.82) is 0 Å². The predicted molar refractivity (Wildman–Crippen MR) is 85.1 cm³/mol. The van der Waals surface area contributed by atoms with Crippen molar-refractivity contribution in [2.45, 2.75) is 44.2 Å². The number of hydrogen-bond acceptors (Lipinski definition) is 5. The van der Waals surface area contributed by atoms with Crippen LogP contribution in [-0.4, -0.2) is 47.8 Å². The molecule has 4 rings (SSSR count). The number of ether oxygens (including phenoxy) is 2. The first-order chi connectivity index (χ1) is 11.2. The van der Waals surface area contributed by atoms with E-state index in [1.165, 1.54) is 0 Å². The number of nitrogens with zero attached hydrogens (tertiary/aromatic N) is 1. The Hall–Kier alpha value is -1.59. The number of Topliss-reactive ketones (excluding diaryl/α,β-unsaturated/α-hetero) is 1. The van der Waals surface area contributed by atoms with Crippen LogP contribution < -0.4 is 4.74 Å². The molecule has 0 amide bonds. The summed E-state index contributed by atoms with van der Waals surface area (Å²) in [7, 11) is 0. The number of phenolic OH excluding ortho intramolecular Hbond substituents is 1. The van der Waals surface area contributed by atoms with Gasteiger partial charge in [0.25, 0.3) is 0 Å². The van der Waals surface area contributed by atoms with Crippen LogP contribution in [-0.2, 0) is 4.74 Å². The third-order valence-electron chi connectivity index (χ3n) is 5.54. The molecule has 2 fully saturated rings. The number of carbonyl (C=O) groups excluding carboxylic acids is 1. The van der Waals surface area contributed by atoms with Gasteiger partial charge in [-0.15, -0.1) is 0 Å². The van der Waals surface area contributed by atoms with Crippen molar-refractivity contribution in [2.24, 2.45) is 0 Å². The number of morpholine rings is 1. The second-order valence-corrected chi connectivity index (χ2v) is 6.64. The summed E-state index contributed by atoms with van der Waals surface area (Å²) in [6.07, 6.45) is 3.43. The number of ketones is 1. The van der Waals surface area contributed by atoms with Gasteiger partial charge >= 0.3 is 0 Å².